The summed E-state index contributed by atoms with van der Waals surface area (Å²) in [6, 6.07) is 4.10. The van der Waals surface area contributed by atoms with Crippen LogP contribution < -0.4 is 15.4 Å². The normalized spacial score (nSPS) is 15.6. The summed E-state index contributed by atoms with van der Waals surface area (Å²) in [4.78, 5) is 11.8. The van der Waals surface area contributed by atoms with Crippen LogP contribution in [0, 0.1) is 11.7 Å². The zero-order chi connectivity index (χ0) is 15.9. The number of anilines is 1. The number of benzene rings is 1. The first-order chi connectivity index (χ1) is 10.5. The summed E-state index contributed by atoms with van der Waals surface area (Å²) >= 11 is 0. The summed E-state index contributed by atoms with van der Waals surface area (Å²) in [5.41, 5.74) is 0.164. The van der Waals surface area contributed by atoms with E-state index in [9.17, 15) is 9.18 Å². The monoisotopic (exact) mass is 308 g/mol. The van der Waals surface area contributed by atoms with Crippen molar-refractivity contribution in [2.45, 2.75) is 52.1 Å². The van der Waals surface area contributed by atoms with Gasteiger partial charge in [-0.15, -0.1) is 0 Å². The molecule has 0 atom stereocenters. The van der Waals surface area contributed by atoms with Crippen LogP contribution in [0.1, 0.15) is 46.0 Å². The van der Waals surface area contributed by atoms with Crippen molar-refractivity contribution in [2.24, 2.45) is 5.92 Å². The van der Waals surface area contributed by atoms with Crippen molar-refractivity contribution in [1.29, 1.82) is 0 Å². The molecule has 0 bridgehead atoms. The van der Waals surface area contributed by atoms with Crippen molar-refractivity contribution < 1.29 is 13.9 Å². The second-order valence-corrected chi connectivity index (χ2v) is 6.15. The van der Waals surface area contributed by atoms with Gasteiger partial charge in [-0.05, 0) is 44.7 Å². The Balaban J connectivity index is 1.82. The fourth-order valence-corrected chi connectivity index (χ4v) is 2.74. The van der Waals surface area contributed by atoms with Gasteiger partial charge in [0.25, 0.3) is 0 Å². The quantitative estimate of drug-likeness (QED) is 0.851. The molecule has 1 aliphatic rings. The number of hydrogen-bond acceptors (Lipinski definition) is 2. The maximum absolute atomic E-state index is 13.9. The lowest BCUT2D eigenvalue weighted by Gasteiger charge is -2.21. The number of rotatable bonds is 5. The Labute approximate surface area is 131 Å². The maximum Gasteiger partial charge on any atom is 0.319 e. The highest BCUT2D eigenvalue weighted by atomic mass is 19.1. The molecule has 122 valence electrons. The average Bonchev–Trinajstić information content (AvgIpc) is 2.48. The van der Waals surface area contributed by atoms with Gasteiger partial charge in [-0.25, -0.2) is 9.18 Å². The van der Waals surface area contributed by atoms with Gasteiger partial charge in [-0.3, -0.25) is 0 Å². The highest BCUT2D eigenvalue weighted by molar-refractivity contribution is 5.89. The minimum Gasteiger partial charge on any atom is -0.491 e. The lowest BCUT2D eigenvalue weighted by atomic mass is 9.89. The summed E-state index contributed by atoms with van der Waals surface area (Å²) in [5.74, 6) is 0.512. The third-order valence-electron chi connectivity index (χ3n) is 3.84. The Morgan fingerprint density at radius 1 is 1.32 bits per heavy atom. The first kappa shape index (κ1) is 16.6. The molecule has 5 heteroatoms. The van der Waals surface area contributed by atoms with Gasteiger partial charge >= 0.3 is 6.03 Å². The van der Waals surface area contributed by atoms with Crippen molar-refractivity contribution in [2.75, 3.05) is 11.9 Å². The number of amides is 2. The number of carbonyl (C=O) groups excluding carboxylic acids is 1. The van der Waals surface area contributed by atoms with Crippen LogP contribution in [0.4, 0.5) is 14.9 Å². The third kappa shape index (κ3) is 5.20. The molecule has 2 N–H and O–H groups in total. The fraction of sp³-hybridized carbons (Fsp3) is 0.588. The van der Waals surface area contributed by atoms with E-state index in [1.807, 2.05) is 13.8 Å². The van der Waals surface area contributed by atoms with E-state index in [1.54, 1.807) is 6.07 Å². The smallest absolute Gasteiger partial charge is 0.319 e. The molecule has 0 aliphatic heterocycles. The summed E-state index contributed by atoms with van der Waals surface area (Å²) in [6.45, 7) is 4.41. The average molecular weight is 308 g/mol. The molecule has 0 radical (unpaired) electrons. The SMILES string of the molecule is CC(C)Oc1ccc(NC(=O)NCC2CCCCC2)c(F)c1. The molecular weight excluding hydrogens is 283 g/mol. The molecule has 1 aromatic rings. The first-order valence-corrected chi connectivity index (χ1v) is 8.05. The van der Waals surface area contributed by atoms with Crippen molar-refractivity contribution >= 4 is 11.7 Å². The van der Waals surface area contributed by atoms with Gasteiger partial charge in [0.1, 0.15) is 11.6 Å². The van der Waals surface area contributed by atoms with Gasteiger partial charge in [0.2, 0.25) is 0 Å². The summed E-state index contributed by atoms with van der Waals surface area (Å²) in [7, 11) is 0. The lowest BCUT2D eigenvalue weighted by molar-refractivity contribution is 0.241. The van der Waals surface area contributed by atoms with E-state index >= 15 is 0 Å². The van der Waals surface area contributed by atoms with Crippen molar-refractivity contribution in [3.63, 3.8) is 0 Å². The van der Waals surface area contributed by atoms with E-state index in [0.717, 1.165) is 12.8 Å². The molecule has 1 fully saturated rings. The predicted molar refractivity (Wildman–Crippen MR) is 85.8 cm³/mol. The minimum absolute atomic E-state index is 0.0167. The molecule has 0 unspecified atom stereocenters. The van der Waals surface area contributed by atoms with E-state index in [0.29, 0.717) is 18.2 Å². The van der Waals surface area contributed by atoms with Crippen molar-refractivity contribution in [3.8, 4) is 5.75 Å². The molecule has 1 aliphatic carbocycles. The summed E-state index contributed by atoms with van der Waals surface area (Å²) < 4.78 is 19.3. The van der Waals surface area contributed by atoms with Gasteiger partial charge in [-0.2, -0.15) is 0 Å². The van der Waals surface area contributed by atoms with E-state index in [-0.39, 0.29) is 17.8 Å². The van der Waals surface area contributed by atoms with Crippen LogP contribution in [0.15, 0.2) is 18.2 Å². The lowest BCUT2D eigenvalue weighted by Crippen LogP contribution is -2.33. The van der Waals surface area contributed by atoms with Gasteiger partial charge in [0.15, 0.2) is 0 Å². The first-order valence-electron chi connectivity index (χ1n) is 8.05. The Morgan fingerprint density at radius 3 is 2.68 bits per heavy atom. The molecular formula is C17H25FN2O2. The Morgan fingerprint density at radius 2 is 2.05 bits per heavy atom. The number of carbonyl (C=O) groups is 1. The zero-order valence-corrected chi connectivity index (χ0v) is 13.3. The molecule has 2 rings (SSSR count). The molecule has 1 saturated carbocycles. The molecule has 1 aromatic carbocycles. The number of nitrogens with one attached hydrogen (secondary N) is 2. The second-order valence-electron chi connectivity index (χ2n) is 6.15. The number of urea groups is 1. The molecule has 0 aromatic heterocycles. The highest BCUT2D eigenvalue weighted by Crippen LogP contribution is 2.23. The minimum atomic E-state index is -0.494. The van der Waals surface area contributed by atoms with Gasteiger partial charge in [0, 0.05) is 12.6 Å². The van der Waals surface area contributed by atoms with Crippen molar-refractivity contribution in [1.82, 2.24) is 5.32 Å². The van der Waals surface area contributed by atoms with Crippen LogP contribution in [0.2, 0.25) is 0 Å². The van der Waals surface area contributed by atoms with Gasteiger partial charge in [0.05, 0.1) is 11.8 Å². The van der Waals surface area contributed by atoms with Gasteiger partial charge in [-0.1, -0.05) is 19.3 Å². The fourth-order valence-electron chi connectivity index (χ4n) is 2.74. The van der Waals surface area contributed by atoms with Gasteiger partial charge < -0.3 is 15.4 Å². The summed E-state index contributed by atoms with van der Waals surface area (Å²) in [6.07, 6.45) is 6.07. The topological polar surface area (TPSA) is 50.4 Å². The maximum atomic E-state index is 13.9. The number of halogens is 1. The number of ether oxygens (including phenoxy) is 1. The van der Waals surface area contributed by atoms with E-state index in [4.69, 9.17) is 4.74 Å². The third-order valence-corrected chi connectivity index (χ3v) is 3.84. The van der Waals surface area contributed by atoms with Crippen molar-refractivity contribution in [3.05, 3.63) is 24.0 Å². The Bertz CT molecular complexity index is 499. The largest absolute Gasteiger partial charge is 0.491 e. The number of hydrogen-bond donors (Lipinski definition) is 2. The molecule has 22 heavy (non-hydrogen) atoms. The van der Waals surface area contributed by atoms with E-state index in [2.05, 4.69) is 10.6 Å². The Kier molecular flexibility index (Phi) is 6.04. The second kappa shape index (κ2) is 8.01. The Hall–Kier alpha value is -1.78. The molecule has 4 nitrogen and oxygen atoms in total. The van der Waals surface area contributed by atoms with Crippen LogP contribution in [0.5, 0.6) is 5.75 Å². The molecule has 0 heterocycles. The van der Waals surface area contributed by atoms with Crippen LogP contribution in [0.3, 0.4) is 0 Å². The highest BCUT2D eigenvalue weighted by Gasteiger charge is 2.15. The molecule has 0 saturated heterocycles. The predicted octanol–water partition coefficient (Wildman–Crippen LogP) is 4.31. The van der Waals surface area contributed by atoms with E-state index < -0.39 is 5.82 Å². The van der Waals surface area contributed by atoms with Crippen LogP contribution in [-0.4, -0.2) is 18.7 Å². The molecule has 0 spiro atoms. The standard InChI is InChI=1S/C17H25FN2O2/c1-12(2)22-14-8-9-16(15(18)10-14)20-17(21)19-11-13-6-4-3-5-7-13/h8-10,12-13H,3-7,11H2,1-2H3,(H2,19,20,21). The van der Waals surface area contributed by atoms with Crippen LogP contribution in [0.25, 0.3) is 0 Å². The zero-order valence-electron chi connectivity index (χ0n) is 13.3. The summed E-state index contributed by atoms with van der Waals surface area (Å²) in [5, 5.41) is 5.38. The van der Waals surface area contributed by atoms with Crippen LogP contribution >= 0.6 is 0 Å². The molecule has 2 amide bonds. The van der Waals surface area contributed by atoms with Crippen LogP contribution in [-0.2, 0) is 0 Å². The van der Waals surface area contributed by atoms with E-state index in [1.165, 1.54) is 31.4 Å².